The summed E-state index contributed by atoms with van der Waals surface area (Å²) in [6.45, 7) is 0. The standard InChI is InChI=1S/C18H23NO3/c1-19-17(20)16(12-4-2-3-5-12)14-9-8-11-6-7-13(18(21)22)10-15(11)14/h6-7,10,12,14,16H,2-5,8-9H2,1H3,(H,19,20)(H,21,22)/t14-,16?/m0/s1. The van der Waals surface area contributed by atoms with E-state index in [0.29, 0.717) is 11.5 Å². The molecule has 22 heavy (non-hydrogen) atoms. The second-order valence-electron chi connectivity index (χ2n) is 6.55. The maximum absolute atomic E-state index is 12.5. The van der Waals surface area contributed by atoms with Crippen molar-refractivity contribution in [3.05, 3.63) is 34.9 Å². The zero-order chi connectivity index (χ0) is 15.7. The smallest absolute Gasteiger partial charge is 0.335 e. The fraction of sp³-hybridized carbons (Fsp3) is 0.556. The zero-order valence-corrected chi connectivity index (χ0v) is 13.0. The SMILES string of the molecule is CNC(=O)C(C1CCCC1)[C@H]1CCc2ccc(C(=O)O)cc21. The fourth-order valence-corrected chi connectivity index (χ4v) is 4.35. The van der Waals surface area contributed by atoms with Crippen molar-refractivity contribution in [1.82, 2.24) is 5.32 Å². The first-order valence-corrected chi connectivity index (χ1v) is 8.19. The summed E-state index contributed by atoms with van der Waals surface area (Å²) in [5.74, 6) is -0.198. The van der Waals surface area contributed by atoms with Crippen LogP contribution in [0, 0.1) is 11.8 Å². The molecule has 4 nitrogen and oxygen atoms in total. The number of carboxylic acids is 1. The Hall–Kier alpha value is -1.84. The lowest BCUT2D eigenvalue weighted by atomic mass is 9.77. The molecule has 2 atom stereocenters. The Labute approximate surface area is 130 Å². The van der Waals surface area contributed by atoms with Gasteiger partial charge in [-0.1, -0.05) is 18.9 Å². The number of fused-ring (bicyclic) bond motifs is 1. The first-order chi connectivity index (χ1) is 10.6. The number of aromatic carboxylic acids is 1. The van der Waals surface area contributed by atoms with E-state index in [1.165, 1.54) is 18.4 Å². The number of aryl methyl sites for hydroxylation is 1. The molecule has 1 unspecified atom stereocenters. The zero-order valence-electron chi connectivity index (χ0n) is 13.0. The van der Waals surface area contributed by atoms with Crippen molar-refractivity contribution in [2.24, 2.45) is 11.8 Å². The van der Waals surface area contributed by atoms with E-state index in [1.807, 2.05) is 6.07 Å². The molecule has 0 heterocycles. The first-order valence-electron chi connectivity index (χ1n) is 8.19. The average Bonchev–Trinajstić information content (AvgIpc) is 3.17. The number of benzene rings is 1. The molecule has 0 aliphatic heterocycles. The Morgan fingerprint density at radius 2 is 1.95 bits per heavy atom. The summed E-state index contributed by atoms with van der Waals surface area (Å²) in [4.78, 5) is 23.7. The molecule has 0 bridgehead atoms. The molecule has 1 aromatic carbocycles. The summed E-state index contributed by atoms with van der Waals surface area (Å²) in [6.07, 6.45) is 6.53. The van der Waals surface area contributed by atoms with Gasteiger partial charge in [0, 0.05) is 13.0 Å². The van der Waals surface area contributed by atoms with Crippen molar-refractivity contribution in [2.45, 2.75) is 44.4 Å². The summed E-state index contributed by atoms with van der Waals surface area (Å²) in [7, 11) is 1.70. The minimum Gasteiger partial charge on any atom is -0.478 e. The predicted octanol–water partition coefficient (Wildman–Crippen LogP) is 2.97. The van der Waals surface area contributed by atoms with Gasteiger partial charge in [-0.15, -0.1) is 0 Å². The topological polar surface area (TPSA) is 66.4 Å². The monoisotopic (exact) mass is 301 g/mol. The fourth-order valence-electron chi connectivity index (χ4n) is 4.35. The summed E-state index contributed by atoms with van der Waals surface area (Å²) in [5, 5.41) is 12.1. The van der Waals surface area contributed by atoms with Gasteiger partial charge in [0.1, 0.15) is 0 Å². The van der Waals surface area contributed by atoms with Crippen molar-refractivity contribution in [1.29, 1.82) is 0 Å². The number of carboxylic acid groups (broad SMARTS) is 1. The van der Waals surface area contributed by atoms with Crippen molar-refractivity contribution in [2.75, 3.05) is 7.05 Å². The molecular formula is C18H23NO3. The highest BCUT2D eigenvalue weighted by Gasteiger charge is 2.40. The van der Waals surface area contributed by atoms with Gasteiger partial charge >= 0.3 is 5.97 Å². The lowest BCUT2D eigenvalue weighted by molar-refractivity contribution is -0.127. The van der Waals surface area contributed by atoms with Gasteiger partial charge in [0.2, 0.25) is 5.91 Å². The number of nitrogens with one attached hydrogen (secondary N) is 1. The minimum absolute atomic E-state index is 0.0159. The van der Waals surface area contributed by atoms with Gasteiger partial charge in [0.15, 0.2) is 0 Å². The van der Waals surface area contributed by atoms with Crippen molar-refractivity contribution < 1.29 is 14.7 Å². The minimum atomic E-state index is -0.897. The van der Waals surface area contributed by atoms with Crippen LogP contribution in [0.4, 0.5) is 0 Å². The van der Waals surface area contributed by atoms with Crippen molar-refractivity contribution in [3.63, 3.8) is 0 Å². The maximum Gasteiger partial charge on any atom is 0.335 e. The van der Waals surface area contributed by atoms with Gasteiger partial charge in [-0.3, -0.25) is 4.79 Å². The summed E-state index contributed by atoms with van der Waals surface area (Å²) < 4.78 is 0. The summed E-state index contributed by atoms with van der Waals surface area (Å²) in [6, 6.07) is 5.39. The van der Waals surface area contributed by atoms with E-state index in [9.17, 15) is 14.7 Å². The Bertz CT molecular complexity index is 590. The van der Waals surface area contributed by atoms with Gasteiger partial charge in [0.05, 0.1) is 5.56 Å². The quantitative estimate of drug-likeness (QED) is 0.898. The Morgan fingerprint density at radius 1 is 1.23 bits per heavy atom. The molecule has 2 N–H and O–H groups in total. The Morgan fingerprint density at radius 3 is 2.59 bits per heavy atom. The van der Waals surface area contributed by atoms with Crippen LogP contribution in [-0.2, 0) is 11.2 Å². The highest BCUT2D eigenvalue weighted by atomic mass is 16.4. The molecule has 2 aliphatic carbocycles. The average molecular weight is 301 g/mol. The van der Waals surface area contributed by atoms with Gasteiger partial charge in [-0.05, 0) is 60.8 Å². The highest BCUT2D eigenvalue weighted by molar-refractivity contribution is 5.88. The van der Waals surface area contributed by atoms with E-state index in [2.05, 4.69) is 5.32 Å². The number of carbonyl (C=O) groups excluding carboxylic acids is 1. The van der Waals surface area contributed by atoms with Gasteiger partial charge in [0.25, 0.3) is 0 Å². The van der Waals surface area contributed by atoms with Gasteiger partial charge in [-0.2, -0.15) is 0 Å². The summed E-state index contributed by atoms with van der Waals surface area (Å²) in [5.41, 5.74) is 2.62. The van der Waals surface area contributed by atoms with Gasteiger partial charge < -0.3 is 10.4 Å². The van der Waals surface area contributed by atoms with E-state index in [-0.39, 0.29) is 17.7 Å². The lowest BCUT2D eigenvalue weighted by Crippen LogP contribution is -2.35. The molecule has 3 rings (SSSR count). The van der Waals surface area contributed by atoms with Crippen molar-refractivity contribution in [3.8, 4) is 0 Å². The van der Waals surface area contributed by atoms with E-state index in [1.54, 1.807) is 19.2 Å². The van der Waals surface area contributed by atoms with E-state index >= 15 is 0 Å². The molecule has 0 aromatic heterocycles. The predicted molar refractivity (Wildman–Crippen MR) is 84.0 cm³/mol. The molecule has 1 aromatic rings. The van der Waals surface area contributed by atoms with E-state index in [4.69, 9.17) is 0 Å². The van der Waals surface area contributed by atoms with Crippen LogP contribution < -0.4 is 5.32 Å². The van der Waals surface area contributed by atoms with E-state index < -0.39 is 5.97 Å². The van der Waals surface area contributed by atoms with Crippen LogP contribution in [0.5, 0.6) is 0 Å². The molecule has 0 spiro atoms. The van der Waals surface area contributed by atoms with E-state index in [0.717, 1.165) is 31.2 Å². The number of amides is 1. The molecule has 1 amide bonds. The van der Waals surface area contributed by atoms with Crippen LogP contribution >= 0.6 is 0 Å². The molecule has 1 saturated carbocycles. The van der Waals surface area contributed by atoms with Crippen LogP contribution in [0.15, 0.2) is 18.2 Å². The van der Waals surface area contributed by atoms with Crippen LogP contribution in [0.3, 0.4) is 0 Å². The highest BCUT2D eigenvalue weighted by Crippen LogP contribution is 2.46. The van der Waals surface area contributed by atoms with Gasteiger partial charge in [-0.25, -0.2) is 4.79 Å². The summed E-state index contributed by atoms with van der Waals surface area (Å²) >= 11 is 0. The molecule has 2 aliphatic rings. The Balaban J connectivity index is 1.95. The lowest BCUT2D eigenvalue weighted by Gasteiger charge is -2.28. The molecule has 0 radical (unpaired) electrons. The molecule has 1 fully saturated rings. The van der Waals surface area contributed by atoms with Crippen LogP contribution in [-0.4, -0.2) is 24.0 Å². The normalized spacial score (nSPS) is 22.3. The maximum atomic E-state index is 12.5. The molecular weight excluding hydrogens is 278 g/mol. The molecule has 4 heteroatoms. The largest absolute Gasteiger partial charge is 0.478 e. The number of hydrogen-bond donors (Lipinski definition) is 2. The molecule has 0 saturated heterocycles. The Kier molecular flexibility index (Phi) is 4.19. The molecule has 118 valence electrons. The van der Waals surface area contributed by atoms with Crippen LogP contribution in [0.1, 0.15) is 59.5 Å². The third kappa shape index (κ3) is 2.62. The third-order valence-corrected chi connectivity index (χ3v) is 5.41. The third-order valence-electron chi connectivity index (χ3n) is 5.41. The number of rotatable bonds is 4. The van der Waals surface area contributed by atoms with Crippen LogP contribution in [0.25, 0.3) is 0 Å². The first kappa shape index (κ1) is 15.1. The number of hydrogen-bond acceptors (Lipinski definition) is 2. The second-order valence-corrected chi connectivity index (χ2v) is 6.55. The van der Waals surface area contributed by atoms with Crippen LogP contribution in [0.2, 0.25) is 0 Å². The second kappa shape index (κ2) is 6.11. The number of carbonyl (C=O) groups is 2. The van der Waals surface area contributed by atoms with Crippen molar-refractivity contribution >= 4 is 11.9 Å².